The molecule has 10 aromatic rings. The number of phenolic OH excluding ortho intramolecular Hbond substituents is 2. The van der Waals surface area contributed by atoms with E-state index in [1.54, 1.807) is 36.4 Å². The molecule has 13 heteroatoms. The normalized spacial score (nSPS) is 12.5. The smallest absolute Gasteiger partial charge is 0.338 e. The van der Waals surface area contributed by atoms with Crippen molar-refractivity contribution in [2.75, 3.05) is 26.4 Å². The summed E-state index contributed by atoms with van der Waals surface area (Å²) in [6.07, 6.45) is 0. The van der Waals surface area contributed by atoms with Crippen molar-refractivity contribution in [3.05, 3.63) is 167 Å². The second kappa shape index (κ2) is 14.1. The van der Waals surface area contributed by atoms with Gasteiger partial charge in [-0.15, -0.1) is 28.1 Å². The molecule has 61 heavy (non-hydrogen) atoms. The maximum Gasteiger partial charge on any atom is 0.338 e. The third-order valence-corrected chi connectivity index (χ3v) is 12.0. The van der Waals surface area contributed by atoms with Crippen LogP contribution in [-0.4, -0.2) is 76.7 Å². The molecule has 4 heterocycles. The van der Waals surface area contributed by atoms with E-state index < -0.39 is 11.9 Å². The van der Waals surface area contributed by atoms with Crippen molar-refractivity contribution in [1.82, 2.24) is 28.1 Å². The van der Waals surface area contributed by atoms with Gasteiger partial charge in [-0.25, -0.2) is 9.59 Å². The van der Waals surface area contributed by atoms with Crippen LogP contribution in [-0.2, 0) is 25.0 Å². The van der Waals surface area contributed by atoms with Gasteiger partial charge in [0.25, 0.3) is 0 Å². The van der Waals surface area contributed by atoms with E-state index >= 15 is 0 Å². The lowest BCUT2D eigenvalue weighted by Crippen LogP contribution is -2.19. The number of phenols is 2. The molecule has 2 N–H and O–H groups in total. The Morgan fingerprint density at radius 3 is 1.26 bits per heavy atom. The van der Waals surface area contributed by atoms with Gasteiger partial charge in [0.2, 0.25) is 0 Å². The molecule has 0 saturated carbocycles. The summed E-state index contributed by atoms with van der Waals surface area (Å²) in [6.45, 7) is 8.96. The molecule has 10 rings (SSSR count). The van der Waals surface area contributed by atoms with Crippen LogP contribution in [0.25, 0.3) is 33.4 Å². The minimum Gasteiger partial charge on any atom is -0.506 e. The Labute approximate surface area is 349 Å². The fourth-order valence-electron chi connectivity index (χ4n) is 8.19. The van der Waals surface area contributed by atoms with Gasteiger partial charge in [0.05, 0.1) is 24.3 Å². The number of fused-ring (bicyclic) bond motifs is 8. The average molecular weight is 817 g/mol. The van der Waals surface area contributed by atoms with Crippen molar-refractivity contribution in [2.24, 2.45) is 0 Å². The first-order valence-corrected chi connectivity index (χ1v) is 20.2. The molecule has 4 aromatic heterocycles. The highest BCUT2D eigenvalue weighted by Crippen LogP contribution is 2.39. The van der Waals surface area contributed by atoms with Crippen molar-refractivity contribution in [2.45, 2.75) is 38.5 Å². The Kier molecular flexibility index (Phi) is 8.77. The third kappa shape index (κ3) is 6.27. The molecule has 0 bridgehead atoms. The van der Waals surface area contributed by atoms with Crippen LogP contribution in [0.2, 0.25) is 0 Å². The summed E-state index contributed by atoms with van der Waals surface area (Å²) in [5, 5.41) is 21.7. The molecule has 308 valence electrons. The molecular formula is C48H44N6O7. The minimum absolute atomic E-state index is 0.0273. The Morgan fingerprint density at radius 1 is 0.459 bits per heavy atom. The second-order valence-corrected chi connectivity index (χ2v) is 16.4. The predicted octanol–water partition coefficient (Wildman–Crippen LogP) is 8.25. The zero-order valence-electron chi connectivity index (χ0n) is 34.1. The molecule has 0 amide bonds. The zero-order chi connectivity index (χ0) is 42.2. The van der Waals surface area contributed by atoms with Crippen LogP contribution in [0, 0.1) is 0 Å². The maximum atomic E-state index is 12.9. The van der Waals surface area contributed by atoms with Crippen molar-refractivity contribution < 1.29 is 34.0 Å². The van der Waals surface area contributed by atoms with Crippen molar-refractivity contribution in [3.8, 4) is 22.9 Å². The van der Waals surface area contributed by atoms with Gasteiger partial charge in [0.1, 0.15) is 58.2 Å². The second-order valence-electron chi connectivity index (χ2n) is 16.4. The molecule has 0 aliphatic heterocycles. The Morgan fingerprint density at radius 2 is 0.852 bits per heavy atom. The number of esters is 2. The summed E-state index contributed by atoms with van der Waals surface area (Å²) in [5.74, 6) is -0.664. The van der Waals surface area contributed by atoms with Gasteiger partial charge in [-0.3, -0.25) is 0 Å². The van der Waals surface area contributed by atoms with Crippen LogP contribution >= 0.6 is 0 Å². The van der Waals surface area contributed by atoms with Crippen molar-refractivity contribution >= 4 is 34.0 Å². The fourth-order valence-corrected chi connectivity index (χ4v) is 8.19. The highest BCUT2D eigenvalue weighted by molar-refractivity contribution is 5.95. The summed E-state index contributed by atoms with van der Waals surface area (Å²) in [6, 6.07) is 42.5. The summed E-state index contributed by atoms with van der Waals surface area (Å²) in [5.41, 5.74) is 9.43. The largest absolute Gasteiger partial charge is 0.506 e. The first kappa shape index (κ1) is 37.9. The first-order valence-electron chi connectivity index (χ1n) is 20.2. The highest BCUT2D eigenvalue weighted by atomic mass is 16.6. The van der Waals surface area contributed by atoms with Gasteiger partial charge in [-0.1, -0.05) is 100 Å². The lowest BCUT2D eigenvalue weighted by atomic mass is 9.78. The van der Waals surface area contributed by atoms with Crippen LogP contribution in [0.1, 0.15) is 70.7 Å². The van der Waals surface area contributed by atoms with E-state index in [2.05, 4.69) is 52.0 Å². The molecule has 0 fully saturated rings. The Hall–Kier alpha value is -7.38. The number of hydrogen-bond donors (Lipinski definition) is 2. The van der Waals surface area contributed by atoms with Crippen LogP contribution in [0.15, 0.2) is 133 Å². The summed E-state index contributed by atoms with van der Waals surface area (Å²) in [4.78, 5) is 29.6. The molecular weight excluding hydrogens is 773 g/mol. The number of aromatic nitrogens is 6. The molecule has 0 unspecified atom stereocenters. The number of aromatic hydroxyl groups is 2. The van der Waals surface area contributed by atoms with E-state index in [0.29, 0.717) is 22.5 Å². The number of rotatable bonds is 14. The van der Waals surface area contributed by atoms with Crippen LogP contribution < -0.4 is 0 Å². The molecule has 6 aromatic carbocycles. The van der Waals surface area contributed by atoms with Crippen LogP contribution in [0.5, 0.6) is 11.5 Å². The van der Waals surface area contributed by atoms with E-state index in [0.717, 1.165) is 33.2 Å². The van der Waals surface area contributed by atoms with Crippen LogP contribution in [0.4, 0.5) is 0 Å². The fraction of sp³-hybridized carbons (Fsp3) is 0.208. The van der Waals surface area contributed by atoms with Crippen molar-refractivity contribution in [1.29, 1.82) is 0 Å². The SMILES string of the molecule is CC(C)(c1ccccc1)c1ccc(O)c(-n2n3c4ccc(C(=O)OCCOCCOC(=O)c5ccc6c(c5)n5n(-c7cc(C(C)(C)c8ccccc8)ccc7O)n65)cc4n23)c1. The topological polar surface area (TPSA) is 130 Å². The highest BCUT2D eigenvalue weighted by Gasteiger charge is 2.31. The van der Waals surface area contributed by atoms with Crippen LogP contribution in [0.3, 0.4) is 0 Å². The number of benzene rings is 6. The first-order chi connectivity index (χ1) is 29.4. The summed E-state index contributed by atoms with van der Waals surface area (Å²) < 4.78 is 24.2. The van der Waals surface area contributed by atoms with Gasteiger partial charge in [-0.2, -0.15) is 0 Å². The average Bonchev–Trinajstić information content (AvgIpc) is 4.14. The zero-order valence-corrected chi connectivity index (χ0v) is 34.1. The minimum atomic E-state index is -0.484. The van der Waals surface area contributed by atoms with E-state index in [4.69, 9.17) is 14.2 Å². The van der Waals surface area contributed by atoms with E-state index in [-0.39, 0.29) is 48.8 Å². The lowest BCUT2D eigenvalue weighted by molar-refractivity contribution is 0.0151. The number of hydrogen-bond acceptors (Lipinski definition) is 7. The quantitative estimate of drug-likeness (QED) is 0.0836. The van der Waals surface area contributed by atoms with Gasteiger partial charge >= 0.3 is 11.9 Å². The Bertz CT molecular complexity index is 2980. The predicted molar refractivity (Wildman–Crippen MR) is 230 cm³/mol. The van der Waals surface area contributed by atoms with Gasteiger partial charge in [-0.05, 0) is 82.9 Å². The molecule has 13 nitrogen and oxygen atoms in total. The number of carbonyl (C=O) groups excluding carboxylic acids is 2. The van der Waals surface area contributed by atoms with Gasteiger partial charge in [0, 0.05) is 10.8 Å². The molecule has 0 aliphatic rings. The van der Waals surface area contributed by atoms with E-state index in [1.165, 1.54) is 11.1 Å². The third-order valence-electron chi connectivity index (χ3n) is 12.0. The molecule has 0 atom stereocenters. The molecule has 0 radical (unpaired) electrons. The lowest BCUT2D eigenvalue weighted by Gasteiger charge is -2.26. The van der Waals surface area contributed by atoms with E-state index in [9.17, 15) is 19.8 Å². The molecule has 0 saturated heterocycles. The summed E-state index contributed by atoms with van der Waals surface area (Å²) in [7, 11) is 0. The molecule has 0 spiro atoms. The number of nitrogens with zero attached hydrogens (tertiary/aromatic N) is 6. The monoisotopic (exact) mass is 816 g/mol. The van der Waals surface area contributed by atoms with E-state index in [1.807, 2.05) is 101 Å². The Balaban J connectivity index is 0.713. The van der Waals surface area contributed by atoms with Gasteiger partial charge in [0.15, 0.2) is 0 Å². The van der Waals surface area contributed by atoms with Gasteiger partial charge < -0.3 is 24.4 Å². The summed E-state index contributed by atoms with van der Waals surface area (Å²) >= 11 is 0. The number of ether oxygens (including phenoxy) is 3. The number of carbonyl (C=O) groups is 2. The van der Waals surface area contributed by atoms with Crippen molar-refractivity contribution in [3.63, 3.8) is 0 Å². The maximum absolute atomic E-state index is 12.9. The standard InChI is InChI=1S/C48H44N6O7/c1-47(2,33-11-7-5-8-12-33)35-17-21-43(55)41(29-35)53-49-37-19-15-31(27-39(37)51(49)53)45(57)60-25-23-59-24-26-61-46(58)32-16-20-38-40(28-32)52-50(38)54(52)42-30-36(18-22-44(42)56)48(3,4)34-13-9-6-10-14-34/h5-22,27-30,55-56H,23-26H2,1-4H3. The molecule has 0 aliphatic carbocycles.